The van der Waals surface area contributed by atoms with Crippen LogP contribution in [0.2, 0.25) is 0 Å². The van der Waals surface area contributed by atoms with E-state index in [4.69, 9.17) is 9.47 Å². The SMILES string of the molecule is C=C/C=C1\N(C)/C=C/C=C\C=C\NC12CCN(C(=O)C1C=C(OC)C=C(OC)C1)CC2.CC. The van der Waals surface area contributed by atoms with Gasteiger partial charge < -0.3 is 24.6 Å². The summed E-state index contributed by atoms with van der Waals surface area (Å²) in [6.45, 7) is 9.24. The Labute approximate surface area is 199 Å². The summed E-state index contributed by atoms with van der Waals surface area (Å²) in [5.41, 5.74) is 0.860. The Kier molecular flexibility index (Phi) is 10.1. The van der Waals surface area contributed by atoms with Crippen LogP contribution in [-0.2, 0) is 14.3 Å². The molecule has 33 heavy (non-hydrogen) atoms. The Morgan fingerprint density at radius 1 is 1.15 bits per heavy atom. The molecule has 0 aromatic heterocycles. The van der Waals surface area contributed by atoms with Crippen molar-refractivity contribution in [1.82, 2.24) is 15.1 Å². The Morgan fingerprint density at radius 3 is 2.48 bits per heavy atom. The van der Waals surface area contributed by atoms with Gasteiger partial charge in [-0.15, -0.1) is 0 Å². The fourth-order valence-electron chi connectivity index (χ4n) is 4.36. The van der Waals surface area contributed by atoms with Crippen LogP contribution in [0.4, 0.5) is 0 Å². The predicted octanol–water partition coefficient (Wildman–Crippen LogP) is 4.64. The maximum absolute atomic E-state index is 13.3. The molecule has 0 radical (unpaired) electrons. The molecule has 1 atom stereocenters. The minimum absolute atomic E-state index is 0.118. The molecule has 6 nitrogen and oxygen atoms in total. The molecular formula is C27H39N3O3. The quantitative estimate of drug-likeness (QED) is 0.672. The van der Waals surface area contributed by atoms with Crippen LogP contribution in [0, 0.1) is 5.92 Å². The van der Waals surface area contributed by atoms with E-state index in [1.807, 2.05) is 80.7 Å². The first-order valence-corrected chi connectivity index (χ1v) is 11.7. The van der Waals surface area contributed by atoms with Gasteiger partial charge in [-0.2, -0.15) is 0 Å². The number of methoxy groups -OCH3 is 2. The van der Waals surface area contributed by atoms with Crippen molar-refractivity contribution in [3.05, 3.63) is 84.8 Å². The Hall–Kier alpha value is -3.15. The average Bonchev–Trinajstić information content (AvgIpc) is 2.87. The lowest BCUT2D eigenvalue weighted by Crippen LogP contribution is -2.56. The topological polar surface area (TPSA) is 54.0 Å². The molecule has 2 aliphatic heterocycles. The minimum atomic E-state index is -0.274. The minimum Gasteiger partial charge on any atom is -0.501 e. The van der Waals surface area contributed by atoms with Crippen LogP contribution < -0.4 is 5.32 Å². The lowest BCUT2D eigenvalue weighted by molar-refractivity contribution is -0.135. The van der Waals surface area contributed by atoms with Crippen LogP contribution >= 0.6 is 0 Å². The van der Waals surface area contributed by atoms with Gasteiger partial charge in [-0.25, -0.2) is 0 Å². The predicted molar refractivity (Wildman–Crippen MR) is 135 cm³/mol. The van der Waals surface area contributed by atoms with Gasteiger partial charge in [0.1, 0.15) is 11.5 Å². The highest BCUT2D eigenvalue weighted by atomic mass is 16.5. The molecule has 1 amide bonds. The molecule has 1 aliphatic carbocycles. The second-order valence-electron chi connectivity index (χ2n) is 7.93. The maximum Gasteiger partial charge on any atom is 0.230 e. The summed E-state index contributed by atoms with van der Waals surface area (Å²) in [6.07, 6.45) is 21.8. The van der Waals surface area contributed by atoms with Crippen molar-refractivity contribution >= 4 is 5.91 Å². The summed E-state index contributed by atoms with van der Waals surface area (Å²) < 4.78 is 10.8. The molecule has 3 aliphatic rings. The van der Waals surface area contributed by atoms with E-state index in [0.29, 0.717) is 25.3 Å². The standard InChI is InChI=1S/C25H33N3O3.C2H6/c1-5-10-23-25(26-13-8-6-7-9-14-27(23)2)11-15-28(16-12-25)24(29)20-17-21(30-3)19-22(18-20)31-4;1-2/h5-10,13-14,17,19-20,26H,1,11-12,15-16,18H2,2-4H3;1-2H3/b7-6-,13-8+,14-9+,23-10-;. The number of nitrogens with zero attached hydrogens (tertiary/aromatic N) is 2. The van der Waals surface area contributed by atoms with Crippen LogP contribution in [0.1, 0.15) is 33.1 Å². The molecule has 2 heterocycles. The number of carbonyl (C=O) groups is 1. The van der Waals surface area contributed by atoms with Crippen LogP contribution in [0.5, 0.6) is 0 Å². The van der Waals surface area contributed by atoms with Crippen molar-refractivity contribution in [2.24, 2.45) is 5.92 Å². The zero-order valence-electron chi connectivity index (χ0n) is 20.7. The lowest BCUT2D eigenvalue weighted by Gasteiger charge is -2.46. The number of amides is 1. The molecule has 6 heteroatoms. The Morgan fingerprint density at radius 2 is 1.85 bits per heavy atom. The number of likely N-dealkylation sites (N-methyl/N-ethyl adjacent to an activating group) is 1. The number of ether oxygens (including phenoxy) is 2. The molecule has 3 rings (SSSR count). The second-order valence-corrected chi connectivity index (χ2v) is 7.93. The van der Waals surface area contributed by atoms with Gasteiger partial charge in [0.05, 0.1) is 25.7 Å². The first-order chi connectivity index (χ1) is 16.0. The third-order valence-corrected chi connectivity index (χ3v) is 6.08. The molecule has 0 aromatic rings. The van der Waals surface area contributed by atoms with Crippen molar-refractivity contribution < 1.29 is 14.3 Å². The smallest absolute Gasteiger partial charge is 0.230 e. The molecule has 1 N–H and O–H groups in total. The third kappa shape index (κ3) is 6.44. The number of nitrogens with one attached hydrogen (secondary N) is 1. The molecule has 0 aromatic carbocycles. The van der Waals surface area contributed by atoms with E-state index >= 15 is 0 Å². The Bertz CT molecular complexity index is 856. The number of likely N-dealkylation sites (tertiary alicyclic amines) is 1. The second kappa shape index (κ2) is 12.8. The maximum atomic E-state index is 13.3. The highest BCUT2D eigenvalue weighted by molar-refractivity contribution is 5.81. The largest absolute Gasteiger partial charge is 0.501 e. The number of carbonyl (C=O) groups excluding carboxylic acids is 1. The average molecular weight is 454 g/mol. The summed E-state index contributed by atoms with van der Waals surface area (Å²) in [7, 11) is 5.28. The van der Waals surface area contributed by atoms with E-state index < -0.39 is 0 Å². The first kappa shape index (κ1) is 26.1. The van der Waals surface area contributed by atoms with Gasteiger partial charge in [0, 0.05) is 44.5 Å². The highest BCUT2D eigenvalue weighted by Crippen LogP contribution is 2.34. The third-order valence-electron chi connectivity index (χ3n) is 6.08. The summed E-state index contributed by atoms with van der Waals surface area (Å²) in [5, 5.41) is 3.62. The van der Waals surface area contributed by atoms with E-state index in [9.17, 15) is 4.79 Å². The molecule has 0 saturated carbocycles. The van der Waals surface area contributed by atoms with Crippen molar-refractivity contribution in [2.75, 3.05) is 34.4 Å². The molecular weight excluding hydrogens is 414 g/mol. The number of piperidine rings is 1. The highest BCUT2D eigenvalue weighted by Gasteiger charge is 2.40. The normalized spacial score (nSPS) is 26.0. The monoisotopic (exact) mass is 453 g/mol. The van der Waals surface area contributed by atoms with Crippen molar-refractivity contribution in [1.29, 1.82) is 0 Å². The number of hydrogen-bond donors (Lipinski definition) is 1. The first-order valence-electron chi connectivity index (χ1n) is 11.7. The van der Waals surface area contributed by atoms with Crippen molar-refractivity contribution in [2.45, 2.75) is 38.6 Å². The molecule has 1 spiro atoms. The summed E-state index contributed by atoms with van der Waals surface area (Å²) in [5.74, 6) is 1.29. The van der Waals surface area contributed by atoms with Gasteiger partial charge in [0.2, 0.25) is 5.91 Å². The van der Waals surface area contributed by atoms with Crippen LogP contribution in [0.25, 0.3) is 0 Å². The van der Waals surface area contributed by atoms with Gasteiger partial charge in [-0.3, -0.25) is 4.79 Å². The van der Waals surface area contributed by atoms with Gasteiger partial charge in [0.25, 0.3) is 0 Å². The molecule has 1 fully saturated rings. The van der Waals surface area contributed by atoms with E-state index in [1.165, 1.54) is 0 Å². The van der Waals surface area contributed by atoms with Gasteiger partial charge in [-0.05, 0) is 43.3 Å². The molecule has 1 saturated heterocycles. The number of allylic oxidation sites excluding steroid dienone is 8. The van der Waals surface area contributed by atoms with Gasteiger partial charge in [0.15, 0.2) is 0 Å². The van der Waals surface area contributed by atoms with E-state index in [0.717, 1.165) is 24.3 Å². The molecule has 1 unspecified atom stereocenters. The van der Waals surface area contributed by atoms with Crippen molar-refractivity contribution in [3.63, 3.8) is 0 Å². The molecule has 180 valence electrons. The Balaban J connectivity index is 0.00000187. The summed E-state index contributed by atoms with van der Waals surface area (Å²) in [6, 6.07) is 0. The van der Waals surface area contributed by atoms with Crippen LogP contribution in [0.15, 0.2) is 84.8 Å². The van der Waals surface area contributed by atoms with E-state index in [2.05, 4.69) is 22.9 Å². The zero-order valence-corrected chi connectivity index (χ0v) is 20.7. The lowest BCUT2D eigenvalue weighted by atomic mass is 9.82. The molecule has 0 bridgehead atoms. The van der Waals surface area contributed by atoms with E-state index in [-0.39, 0.29) is 17.4 Å². The zero-order chi connectivity index (χ0) is 24.3. The fourth-order valence-corrected chi connectivity index (χ4v) is 4.36. The number of hydrogen-bond acceptors (Lipinski definition) is 5. The van der Waals surface area contributed by atoms with Gasteiger partial charge in [-0.1, -0.05) is 38.7 Å². The number of rotatable bonds is 4. The van der Waals surface area contributed by atoms with Gasteiger partial charge >= 0.3 is 0 Å². The summed E-state index contributed by atoms with van der Waals surface area (Å²) >= 11 is 0. The summed E-state index contributed by atoms with van der Waals surface area (Å²) in [4.78, 5) is 17.4. The van der Waals surface area contributed by atoms with E-state index in [1.54, 1.807) is 14.2 Å². The van der Waals surface area contributed by atoms with Crippen LogP contribution in [0.3, 0.4) is 0 Å². The van der Waals surface area contributed by atoms with Crippen molar-refractivity contribution in [3.8, 4) is 0 Å². The fraction of sp³-hybridized carbons (Fsp3) is 0.444. The van der Waals surface area contributed by atoms with Crippen LogP contribution in [-0.4, -0.2) is 55.6 Å².